The third-order valence-corrected chi connectivity index (χ3v) is 7.53. The Morgan fingerprint density at radius 1 is 1.06 bits per heavy atom. The quantitative estimate of drug-likeness (QED) is 0.500. The van der Waals surface area contributed by atoms with Gasteiger partial charge in [0.05, 0.1) is 23.7 Å². The average molecular weight is 495 g/mol. The predicted molar refractivity (Wildman–Crippen MR) is 129 cm³/mol. The first-order valence-corrected chi connectivity index (χ1v) is 13.0. The van der Waals surface area contributed by atoms with Crippen LogP contribution in [0.3, 0.4) is 0 Å². The number of fused-ring (bicyclic) bond motifs is 1. The minimum absolute atomic E-state index is 0.0178. The van der Waals surface area contributed by atoms with Gasteiger partial charge >= 0.3 is 0 Å². The van der Waals surface area contributed by atoms with Gasteiger partial charge in [-0.2, -0.15) is 0 Å². The number of likely N-dealkylation sites (tertiary alicyclic amines) is 1. The van der Waals surface area contributed by atoms with Crippen LogP contribution in [-0.4, -0.2) is 39.0 Å². The van der Waals surface area contributed by atoms with E-state index >= 15 is 0 Å². The number of nitrogens with one attached hydrogen (secondary N) is 1. The fourth-order valence-corrected chi connectivity index (χ4v) is 5.32. The van der Waals surface area contributed by atoms with Crippen LogP contribution >= 0.6 is 0 Å². The number of rotatable bonds is 7. The van der Waals surface area contributed by atoms with Gasteiger partial charge in [0, 0.05) is 12.6 Å². The number of nitrogens with zero attached hydrogens (tertiary/aromatic N) is 1. The van der Waals surface area contributed by atoms with Gasteiger partial charge in [0.15, 0.2) is 11.5 Å². The van der Waals surface area contributed by atoms with Crippen molar-refractivity contribution in [3.8, 4) is 11.5 Å². The van der Waals surface area contributed by atoms with Crippen molar-refractivity contribution in [2.45, 2.75) is 30.3 Å². The highest BCUT2D eigenvalue weighted by atomic mass is 32.2. The SMILES string of the molecule is O=C(/C=C/c1ccc(S(=O)(=O)NCc2ccco2)cc1)N1CCCC1c1ccc2c(c1)OCCO2. The molecule has 1 atom stereocenters. The van der Waals surface area contributed by atoms with Crippen LogP contribution in [-0.2, 0) is 21.4 Å². The van der Waals surface area contributed by atoms with E-state index in [4.69, 9.17) is 13.9 Å². The minimum Gasteiger partial charge on any atom is -0.486 e. The molecule has 5 rings (SSSR count). The van der Waals surface area contributed by atoms with Gasteiger partial charge < -0.3 is 18.8 Å². The Labute approximate surface area is 204 Å². The van der Waals surface area contributed by atoms with Crippen molar-refractivity contribution in [2.75, 3.05) is 19.8 Å². The Morgan fingerprint density at radius 3 is 2.63 bits per heavy atom. The Bertz CT molecular complexity index is 1320. The highest BCUT2D eigenvalue weighted by Crippen LogP contribution is 2.38. The monoisotopic (exact) mass is 494 g/mol. The summed E-state index contributed by atoms with van der Waals surface area (Å²) < 4.78 is 43.9. The maximum atomic E-state index is 13.0. The molecule has 0 bridgehead atoms. The number of hydrogen-bond donors (Lipinski definition) is 1. The van der Waals surface area contributed by atoms with E-state index in [1.807, 2.05) is 23.1 Å². The average Bonchev–Trinajstić information content (AvgIpc) is 3.59. The second-order valence-electron chi connectivity index (χ2n) is 8.40. The minimum atomic E-state index is -3.67. The molecule has 35 heavy (non-hydrogen) atoms. The van der Waals surface area contributed by atoms with Crippen molar-refractivity contribution in [2.24, 2.45) is 0 Å². The Hall–Kier alpha value is -3.56. The van der Waals surface area contributed by atoms with E-state index in [-0.39, 0.29) is 23.4 Å². The zero-order valence-electron chi connectivity index (χ0n) is 19.1. The predicted octanol–water partition coefficient (Wildman–Crippen LogP) is 3.91. The maximum absolute atomic E-state index is 13.0. The number of amides is 1. The molecule has 1 fully saturated rings. The summed E-state index contributed by atoms with van der Waals surface area (Å²) in [6, 6.07) is 15.6. The van der Waals surface area contributed by atoms with Crippen molar-refractivity contribution in [1.29, 1.82) is 0 Å². The van der Waals surface area contributed by atoms with Crippen LogP contribution < -0.4 is 14.2 Å². The first-order chi connectivity index (χ1) is 17.0. The van der Waals surface area contributed by atoms with E-state index < -0.39 is 10.0 Å². The van der Waals surface area contributed by atoms with E-state index in [1.165, 1.54) is 24.5 Å². The summed E-state index contributed by atoms with van der Waals surface area (Å²) >= 11 is 0. The first kappa shape index (κ1) is 23.2. The van der Waals surface area contributed by atoms with Crippen LogP contribution in [0.25, 0.3) is 6.08 Å². The van der Waals surface area contributed by atoms with Gasteiger partial charge in [0.25, 0.3) is 0 Å². The topological polar surface area (TPSA) is 98.1 Å². The van der Waals surface area contributed by atoms with Crippen LogP contribution in [0.2, 0.25) is 0 Å². The molecule has 0 aliphatic carbocycles. The standard InChI is InChI=1S/C26H26N2O6S/c29-26(28-13-1-4-23(28)20-8-11-24-25(17-20)34-16-15-33-24)12-7-19-5-9-22(10-6-19)35(30,31)27-18-21-3-2-14-32-21/h2-3,5-12,14,17,23,27H,1,4,13,15-16,18H2/b12-7+. The zero-order valence-corrected chi connectivity index (χ0v) is 19.9. The number of sulfonamides is 1. The van der Waals surface area contributed by atoms with E-state index in [2.05, 4.69) is 4.72 Å². The van der Waals surface area contributed by atoms with Crippen LogP contribution in [0, 0.1) is 0 Å². The molecule has 1 saturated heterocycles. The molecule has 0 saturated carbocycles. The van der Waals surface area contributed by atoms with Gasteiger partial charge in [-0.15, -0.1) is 0 Å². The number of furan rings is 1. The maximum Gasteiger partial charge on any atom is 0.247 e. The number of carbonyl (C=O) groups is 1. The van der Waals surface area contributed by atoms with E-state index in [9.17, 15) is 13.2 Å². The van der Waals surface area contributed by atoms with Crippen molar-refractivity contribution >= 4 is 22.0 Å². The molecule has 1 unspecified atom stereocenters. The van der Waals surface area contributed by atoms with Crippen molar-refractivity contribution in [3.63, 3.8) is 0 Å². The molecule has 0 radical (unpaired) electrons. The summed E-state index contributed by atoms with van der Waals surface area (Å²) in [6.45, 7) is 1.82. The van der Waals surface area contributed by atoms with Crippen LogP contribution in [0.5, 0.6) is 11.5 Å². The fourth-order valence-electron chi connectivity index (χ4n) is 4.33. The Kier molecular flexibility index (Phi) is 6.61. The van der Waals surface area contributed by atoms with Gasteiger partial charge in [-0.25, -0.2) is 13.1 Å². The second-order valence-corrected chi connectivity index (χ2v) is 10.2. The first-order valence-electron chi connectivity index (χ1n) is 11.5. The molecular formula is C26H26N2O6S. The Morgan fingerprint density at radius 2 is 1.86 bits per heavy atom. The van der Waals surface area contributed by atoms with Crippen LogP contribution in [0.1, 0.15) is 35.8 Å². The molecule has 2 aliphatic rings. The van der Waals surface area contributed by atoms with Crippen molar-refractivity contribution in [3.05, 3.63) is 83.8 Å². The third-order valence-electron chi connectivity index (χ3n) is 6.11. The van der Waals surface area contributed by atoms with E-state index in [0.717, 1.165) is 35.5 Å². The molecular weight excluding hydrogens is 468 g/mol. The number of ether oxygens (including phenoxy) is 2. The van der Waals surface area contributed by atoms with E-state index in [1.54, 1.807) is 30.3 Å². The number of benzene rings is 2. The van der Waals surface area contributed by atoms with E-state index in [0.29, 0.717) is 25.5 Å². The molecule has 2 aliphatic heterocycles. The fraction of sp³-hybridized carbons (Fsp3) is 0.269. The summed E-state index contributed by atoms with van der Waals surface area (Å²) in [5.41, 5.74) is 1.77. The lowest BCUT2D eigenvalue weighted by Gasteiger charge is -2.26. The molecule has 0 spiro atoms. The number of carbonyl (C=O) groups excluding carboxylic acids is 1. The summed E-state index contributed by atoms with van der Waals surface area (Å²) in [7, 11) is -3.67. The summed E-state index contributed by atoms with van der Waals surface area (Å²) in [4.78, 5) is 15.0. The second kappa shape index (κ2) is 9.97. The van der Waals surface area contributed by atoms with Crippen molar-refractivity contribution in [1.82, 2.24) is 9.62 Å². The van der Waals surface area contributed by atoms with Crippen molar-refractivity contribution < 1.29 is 27.1 Å². The third kappa shape index (κ3) is 5.26. The van der Waals surface area contributed by atoms with Gasteiger partial charge in [-0.3, -0.25) is 4.79 Å². The Balaban J connectivity index is 1.23. The molecule has 9 heteroatoms. The molecule has 3 heterocycles. The van der Waals surface area contributed by atoms with Gasteiger partial charge in [0.1, 0.15) is 19.0 Å². The molecule has 3 aromatic rings. The smallest absolute Gasteiger partial charge is 0.247 e. The van der Waals surface area contributed by atoms with Gasteiger partial charge in [-0.05, 0) is 66.4 Å². The summed E-state index contributed by atoms with van der Waals surface area (Å²) in [5.74, 6) is 1.90. The lowest BCUT2D eigenvalue weighted by molar-refractivity contribution is -0.126. The molecule has 182 valence electrons. The lowest BCUT2D eigenvalue weighted by atomic mass is 10.0. The normalized spacial score (nSPS) is 17.7. The summed E-state index contributed by atoms with van der Waals surface area (Å²) in [5, 5.41) is 0. The lowest BCUT2D eigenvalue weighted by Crippen LogP contribution is -2.29. The highest BCUT2D eigenvalue weighted by Gasteiger charge is 2.29. The van der Waals surface area contributed by atoms with Crippen LogP contribution in [0.15, 0.2) is 76.2 Å². The highest BCUT2D eigenvalue weighted by molar-refractivity contribution is 7.89. The van der Waals surface area contributed by atoms with Gasteiger partial charge in [0.2, 0.25) is 15.9 Å². The molecule has 8 nitrogen and oxygen atoms in total. The zero-order chi connectivity index (χ0) is 24.3. The molecule has 2 aromatic carbocycles. The molecule has 1 aromatic heterocycles. The van der Waals surface area contributed by atoms with Crippen LogP contribution in [0.4, 0.5) is 0 Å². The summed E-state index contributed by atoms with van der Waals surface area (Å²) in [6.07, 6.45) is 6.54. The molecule has 1 N–H and O–H groups in total. The number of hydrogen-bond acceptors (Lipinski definition) is 6. The van der Waals surface area contributed by atoms with Gasteiger partial charge in [-0.1, -0.05) is 18.2 Å². The molecule has 1 amide bonds. The largest absolute Gasteiger partial charge is 0.486 e.